The predicted octanol–water partition coefficient (Wildman–Crippen LogP) is 5.39. The maximum Gasteiger partial charge on any atom is 0.306 e. The molecule has 50 heavy (non-hydrogen) atoms. The molecular weight excluding hydrogens is 642 g/mol. The molecule has 0 spiro atoms. The Hall–Kier alpha value is -2.15. The smallest absolute Gasteiger partial charge is 0.306 e. The molecule has 1 saturated heterocycles. The van der Waals surface area contributed by atoms with Crippen molar-refractivity contribution in [1.29, 1.82) is 0 Å². The lowest BCUT2D eigenvalue weighted by Crippen LogP contribution is -2.66. The summed E-state index contributed by atoms with van der Waals surface area (Å²) in [5.41, 5.74) is -5.41. The van der Waals surface area contributed by atoms with Crippen LogP contribution in [0.3, 0.4) is 0 Å². The van der Waals surface area contributed by atoms with Crippen LogP contribution in [0.25, 0.3) is 0 Å². The molecule has 11 heteroatoms. The number of hydroxylamine groups is 2. The van der Waals surface area contributed by atoms with Crippen molar-refractivity contribution in [3.63, 3.8) is 0 Å². The molecule has 2 N–H and O–H groups in total. The van der Waals surface area contributed by atoms with Gasteiger partial charge in [-0.25, -0.2) is 0 Å². The molecule has 1 heterocycles. The summed E-state index contributed by atoms with van der Waals surface area (Å²) in [6.07, 6.45) is 9.01. The fraction of sp³-hybridized carbons (Fsp3) is 0.821. The highest BCUT2D eigenvalue weighted by Gasteiger charge is 2.88. The number of ether oxygens (including phenoxy) is 4. The monoisotopic (exact) mass is 702 g/mol. The van der Waals surface area contributed by atoms with Gasteiger partial charge in [0.15, 0.2) is 11.4 Å². The van der Waals surface area contributed by atoms with Gasteiger partial charge in [0.05, 0.1) is 24.4 Å². The maximum absolute atomic E-state index is 13.7. The van der Waals surface area contributed by atoms with E-state index in [4.69, 9.17) is 18.9 Å². The summed E-state index contributed by atoms with van der Waals surface area (Å²) in [5, 5.41) is 37.9. The predicted molar refractivity (Wildman–Crippen MR) is 184 cm³/mol. The van der Waals surface area contributed by atoms with Crippen LogP contribution in [0.2, 0.25) is 0 Å². The van der Waals surface area contributed by atoms with Crippen molar-refractivity contribution in [3.05, 3.63) is 23.3 Å². The number of hydrogen-bond donors (Lipinski definition) is 2. The Morgan fingerprint density at radius 3 is 2.28 bits per heavy atom. The Bertz CT molecular complexity index is 1400. The second-order valence-electron chi connectivity index (χ2n) is 17.0. The van der Waals surface area contributed by atoms with Crippen molar-refractivity contribution in [3.8, 4) is 0 Å². The van der Waals surface area contributed by atoms with Crippen molar-refractivity contribution < 1.29 is 48.8 Å². The van der Waals surface area contributed by atoms with E-state index >= 15 is 0 Å². The molecule has 9 unspecified atom stereocenters. The number of esters is 2. The minimum Gasteiger partial charge on any atom is -0.458 e. The molecule has 0 aromatic heterocycles. The second-order valence-corrected chi connectivity index (χ2v) is 17.0. The number of aliphatic hydroxyl groups is 2. The van der Waals surface area contributed by atoms with E-state index in [0.717, 1.165) is 24.3 Å². The molecule has 3 fully saturated rings. The molecule has 0 aromatic rings. The van der Waals surface area contributed by atoms with Crippen molar-refractivity contribution in [2.75, 3.05) is 20.3 Å². The Kier molecular flexibility index (Phi) is 10.7. The van der Waals surface area contributed by atoms with Gasteiger partial charge >= 0.3 is 11.9 Å². The van der Waals surface area contributed by atoms with Gasteiger partial charge < -0.3 is 29.2 Å². The minimum absolute atomic E-state index is 0.105. The van der Waals surface area contributed by atoms with Gasteiger partial charge in [0.1, 0.15) is 17.4 Å². The number of nitrogens with zero attached hydrogens (tertiary/aromatic N) is 1. The fourth-order valence-corrected chi connectivity index (χ4v) is 10.5. The zero-order valence-electron chi connectivity index (χ0n) is 31.6. The third kappa shape index (κ3) is 5.82. The van der Waals surface area contributed by atoms with Crippen molar-refractivity contribution in [1.82, 2.24) is 5.06 Å². The SMILES string of the molecule is CCCCCC1(CCCCCC(=O)OC2C(C)C3(O)C(C=C(CO)CC4(OC)C(=O)C(C)=CC43)C3C(C)(C)C23OC(C)=O)OCC(C)(C)N1[O]. The second kappa shape index (κ2) is 13.7. The van der Waals surface area contributed by atoms with Crippen molar-refractivity contribution in [2.24, 2.45) is 29.1 Å². The number of methoxy groups -OCH3 is 1. The number of rotatable bonds is 14. The van der Waals surface area contributed by atoms with E-state index in [-0.39, 0.29) is 25.2 Å². The van der Waals surface area contributed by atoms with E-state index in [0.29, 0.717) is 49.9 Å². The van der Waals surface area contributed by atoms with E-state index in [1.54, 1.807) is 19.9 Å². The highest BCUT2D eigenvalue weighted by Crippen LogP contribution is 2.77. The van der Waals surface area contributed by atoms with E-state index in [2.05, 4.69) is 6.92 Å². The van der Waals surface area contributed by atoms with E-state index in [1.165, 1.54) is 14.0 Å². The lowest BCUT2D eigenvalue weighted by atomic mass is 9.59. The molecule has 5 aliphatic rings. The first-order chi connectivity index (χ1) is 23.4. The summed E-state index contributed by atoms with van der Waals surface area (Å²) in [6.45, 7) is 14.7. The molecule has 11 nitrogen and oxygen atoms in total. The van der Waals surface area contributed by atoms with Crippen LogP contribution < -0.4 is 0 Å². The van der Waals surface area contributed by atoms with Crippen molar-refractivity contribution in [2.45, 2.75) is 154 Å². The van der Waals surface area contributed by atoms with Crippen LogP contribution in [0.15, 0.2) is 23.3 Å². The van der Waals surface area contributed by atoms with Gasteiger partial charge in [-0.2, -0.15) is 0 Å². The molecule has 4 aliphatic carbocycles. The Morgan fingerprint density at radius 1 is 1.06 bits per heavy atom. The number of Topliss-reactive ketones (excluding diaryl/α,β-unsaturated/α-hetero) is 1. The molecule has 1 radical (unpaired) electrons. The average molecular weight is 703 g/mol. The molecule has 0 aromatic carbocycles. The number of hydrogen-bond acceptors (Lipinski definition) is 10. The van der Waals surface area contributed by atoms with E-state index in [9.17, 15) is 29.8 Å². The van der Waals surface area contributed by atoms with Crippen molar-refractivity contribution >= 4 is 17.7 Å². The Labute approximate surface area is 297 Å². The Morgan fingerprint density at radius 2 is 1.72 bits per heavy atom. The molecule has 0 bridgehead atoms. The zero-order chi connectivity index (χ0) is 37.1. The van der Waals surface area contributed by atoms with E-state index in [1.807, 2.05) is 33.8 Å². The number of aliphatic hydroxyl groups excluding tert-OH is 1. The fourth-order valence-electron chi connectivity index (χ4n) is 10.5. The highest BCUT2D eigenvalue weighted by molar-refractivity contribution is 6.05. The van der Waals surface area contributed by atoms with Gasteiger partial charge in [-0.3, -0.25) is 14.4 Å². The van der Waals surface area contributed by atoms with Crippen LogP contribution in [-0.4, -0.2) is 87.5 Å². The molecule has 9 atom stereocenters. The van der Waals surface area contributed by atoms with Crippen LogP contribution >= 0.6 is 0 Å². The summed E-state index contributed by atoms with van der Waals surface area (Å²) in [4.78, 5) is 40.1. The summed E-state index contributed by atoms with van der Waals surface area (Å²) in [5.74, 6) is -3.91. The molecule has 1 aliphatic heterocycles. The van der Waals surface area contributed by atoms with Gasteiger partial charge in [0, 0.05) is 56.0 Å². The third-order valence-corrected chi connectivity index (χ3v) is 13.1. The van der Waals surface area contributed by atoms with Gasteiger partial charge in [-0.15, -0.1) is 10.3 Å². The van der Waals surface area contributed by atoms with Crippen LogP contribution in [0.1, 0.15) is 120 Å². The van der Waals surface area contributed by atoms with Gasteiger partial charge in [-0.05, 0) is 64.0 Å². The molecule has 2 saturated carbocycles. The molecular formula is C39H60NO10. The quantitative estimate of drug-likeness (QED) is 0.137. The summed E-state index contributed by atoms with van der Waals surface area (Å²) in [7, 11) is 1.45. The van der Waals surface area contributed by atoms with Crippen LogP contribution in [-0.2, 0) is 38.5 Å². The zero-order valence-corrected chi connectivity index (χ0v) is 31.6. The first-order valence-corrected chi connectivity index (χ1v) is 18.7. The maximum atomic E-state index is 13.7. The van der Waals surface area contributed by atoms with E-state index < -0.39 is 75.2 Å². The Balaban J connectivity index is 1.36. The van der Waals surface area contributed by atoms with Crippen LogP contribution in [0.5, 0.6) is 0 Å². The van der Waals surface area contributed by atoms with Crippen LogP contribution in [0.4, 0.5) is 0 Å². The molecule has 281 valence electrons. The van der Waals surface area contributed by atoms with Gasteiger partial charge in [0.25, 0.3) is 0 Å². The lowest BCUT2D eigenvalue weighted by Gasteiger charge is -2.53. The first-order valence-electron chi connectivity index (χ1n) is 18.7. The van der Waals surface area contributed by atoms with Gasteiger partial charge in [0.2, 0.25) is 0 Å². The number of carbonyl (C=O) groups excluding carboxylic acids is 3. The lowest BCUT2D eigenvalue weighted by molar-refractivity contribution is -0.296. The molecule has 0 amide bonds. The van der Waals surface area contributed by atoms with Gasteiger partial charge in [-0.1, -0.05) is 59.1 Å². The summed E-state index contributed by atoms with van der Waals surface area (Å²) < 4.78 is 24.6. The number of carbonyl (C=O) groups is 3. The minimum atomic E-state index is -1.64. The topological polar surface area (TPSA) is 152 Å². The summed E-state index contributed by atoms with van der Waals surface area (Å²) in [6, 6.07) is 0. The normalized spacial score (nSPS) is 39.8. The van der Waals surface area contributed by atoms with Crippen LogP contribution in [0, 0.1) is 29.1 Å². The largest absolute Gasteiger partial charge is 0.458 e. The third-order valence-electron chi connectivity index (χ3n) is 13.1. The number of unbranched alkanes of at least 4 members (excludes halogenated alkanes) is 4. The summed E-state index contributed by atoms with van der Waals surface area (Å²) >= 11 is 0. The highest BCUT2D eigenvalue weighted by atomic mass is 16.6. The molecule has 5 rings (SSSR count). The number of fused-ring (bicyclic) bond motifs is 5. The standard InChI is InChI=1S/C39H60NO10/c1-10-11-14-17-36(40(46)34(5,6)23-48-36)18-15-12-13-16-30(43)49-33-25(3)38(45)28(31-35(7,8)39(31,33)50-26(4)42)20-27(22-41)21-37(47-9)29(38)19-24(2)32(37)44/h19-20,25,28-29,31,33,41,45H,10-18,21-23H2,1-9H3. The first kappa shape index (κ1) is 39.1. The number of ketones is 1. The average Bonchev–Trinajstić information content (AvgIpc) is 3.34.